The van der Waals surface area contributed by atoms with Gasteiger partial charge in [-0.1, -0.05) is 26.7 Å². The molecule has 0 aliphatic heterocycles. The molecule has 0 aliphatic rings. The van der Waals surface area contributed by atoms with E-state index in [1.807, 2.05) is 0 Å². The molecule has 5 nitrogen and oxygen atoms in total. The van der Waals surface area contributed by atoms with E-state index in [1.54, 1.807) is 18.3 Å². The second-order valence-corrected chi connectivity index (χ2v) is 4.32. The number of rotatable bonds is 4. The van der Waals surface area contributed by atoms with Gasteiger partial charge in [0.1, 0.15) is 5.39 Å². The van der Waals surface area contributed by atoms with Crippen molar-refractivity contribution in [1.29, 1.82) is 0 Å². The van der Waals surface area contributed by atoms with E-state index in [4.69, 9.17) is 4.42 Å². The number of nitrogens with zero attached hydrogens (tertiary/aromatic N) is 2. The van der Waals surface area contributed by atoms with Crippen LogP contribution >= 0.6 is 0 Å². The average Bonchev–Trinajstić information content (AvgIpc) is 2.39. The summed E-state index contributed by atoms with van der Waals surface area (Å²) in [4.78, 5) is 27.5. The lowest BCUT2D eigenvalue weighted by Gasteiger charge is -2.14. The molecule has 96 valence electrons. The highest BCUT2D eigenvalue weighted by molar-refractivity contribution is 5.72. The standard InChI is InChI=1S/C13H16N2O3/c1-3-9(4-2)8-15-11-10(6-5-7-14-11)12(16)18-13(15)17/h5-7,9H,3-4,8H2,1-2H3. The van der Waals surface area contributed by atoms with Crippen molar-refractivity contribution < 1.29 is 4.42 Å². The van der Waals surface area contributed by atoms with E-state index in [0.29, 0.717) is 23.5 Å². The first-order valence-corrected chi connectivity index (χ1v) is 6.16. The summed E-state index contributed by atoms with van der Waals surface area (Å²) < 4.78 is 6.18. The zero-order valence-electron chi connectivity index (χ0n) is 10.5. The lowest BCUT2D eigenvalue weighted by Crippen LogP contribution is -2.28. The van der Waals surface area contributed by atoms with Gasteiger partial charge in [-0.3, -0.25) is 4.57 Å². The molecule has 0 bridgehead atoms. The second kappa shape index (κ2) is 5.16. The molecule has 5 heteroatoms. The number of fused-ring (bicyclic) bond motifs is 1. The van der Waals surface area contributed by atoms with Crippen molar-refractivity contribution >= 4 is 11.0 Å². The minimum absolute atomic E-state index is 0.350. The maximum absolute atomic E-state index is 11.8. The molecule has 0 N–H and O–H groups in total. The van der Waals surface area contributed by atoms with E-state index in [0.717, 1.165) is 12.8 Å². The third-order valence-corrected chi connectivity index (χ3v) is 3.26. The monoisotopic (exact) mass is 248 g/mol. The van der Waals surface area contributed by atoms with Gasteiger partial charge in [-0.25, -0.2) is 14.6 Å². The van der Waals surface area contributed by atoms with Crippen molar-refractivity contribution in [3.8, 4) is 0 Å². The van der Waals surface area contributed by atoms with Gasteiger partial charge in [0.25, 0.3) is 0 Å². The zero-order valence-corrected chi connectivity index (χ0v) is 10.5. The van der Waals surface area contributed by atoms with Crippen LogP contribution in [0.15, 0.2) is 32.3 Å². The Balaban J connectivity index is 2.63. The molecular weight excluding hydrogens is 232 g/mol. The van der Waals surface area contributed by atoms with Crippen molar-refractivity contribution in [1.82, 2.24) is 9.55 Å². The van der Waals surface area contributed by atoms with Crippen LogP contribution in [0.4, 0.5) is 0 Å². The van der Waals surface area contributed by atoms with E-state index >= 15 is 0 Å². The van der Waals surface area contributed by atoms with Gasteiger partial charge in [-0.15, -0.1) is 0 Å². The molecule has 0 radical (unpaired) electrons. The van der Waals surface area contributed by atoms with E-state index in [-0.39, 0.29) is 0 Å². The van der Waals surface area contributed by atoms with E-state index < -0.39 is 11.4 Å². The van der Waals surface area contributed by atoms with Crippen LogP contribution in [-0.2, 0) is 6.54 Å². The van der Waals surface area contributed by atoms with Gasteiger partial charge in [0.05, 0.1) is 0 Å². The maximum atomic E-state index is 11.8. The van der Waals surface area contributed by atoms with Crippen LogP contribution < -0.4 is 11.4 Å². The third-order valence-electron chi connectivity index (χ3n) is 3.26. The lowest BCUT2D eigenvalue weighted by molar-refractivity contribution is 0.359. The third kappa shape index (κ3) is 2.20. The summed E-state index contributed by atoms with van der Waals surface area (Å²) in [5, 5.41) is 0.350. The Bertz CT molecular complexity index is 653. The first-order valence-electron chi connectivity index (χ1n) is 6.16. The quantitative estimate of drug-likeness (QED) is 0.827. The molecular formula is C13H16N2O3. The van der Waals surface area contributed by atoms with Crippen molar-refractivity contribution in [3.63, 3.8) is 0 Å². The highest BCUT2D eigenvalue weighted by Crippen LogP contribution is 2.12. The SMILES string of the molecule is CCC(CC)Cn1c(=O)oc(=O)c2cccnc21. The van der Waals surface area contributed by atoms with Gasteiger partial charge in [0, 0.05) is 12.7 Å². The minimum Gasteiger partial charge on any atom is -0.372 e. The molecule has 2 aromatic heterocycles. The van der Waals surface area contributed by atoms with Crippen LogP contribution in [0.5, 0.6) is 0 Å². The Morgan fingerprint density at radius 2 is 2.06 bits per heavy atom. The second-order valence-electron chi connectivity index (χ2n) is 4.32. The van der Waals surface area contributed by atoms with Crippen LogP contribution in [-0.4, -0.2) is 9.55 Å². The van der Waals surface area contributed by atoms with Gasteiger partial charge < -0.3 is 4.42 Å². The summed E-state index contributed by atoms with van der Waals surface area (Å²) in [5.74, 6) is -0.251. The van der Waals surface area contributed by atoms with Crippen LogP contribution in [0, 0.1) is 5.92 Å². The molecule has 18 heavy (non-hydrogen) atoms. The fourth-order valence-corrected chi connectivity index (χ4v) is 2.01. The molecule has 2 aromatic rings. The van der Waals surface area contributed by atoms with E-state index in [2.05, 4.69) is 18.8 Å². The molecule has 0 saturated carbocycles. The predicted molar refractivity (Wildman–Crippen MR) is 68.6 cm³/mol. The number of pyridine rings is 1. The van der Waals surface area contributed by atoms with Crippen molar-refractivity contribution in [2.24, 2.45) is 5.92 Å². The highest BCUT2D eigenvalue weighted by atomic mass is 16.4. The Kier molecular flexibility index (Phi) is 3.60. The molecule has 0 unspecified atom stereocenters. The normalized spacial score (nSPS) is 11.3. The van der Waals surface area contributed by atoms with Crippen LogP contribution in [0.2, 0.25) is 0 Å². The fraction of sp³-hybridized carbons (Fsp3) is 0.462. The van der Waals surface area contributed by atoms with Gasteiger partial charge >= 0.3 is 11.4 Å². The topological polar surface area (TPSA) is 65.1 Å². The minimum atomic E-state index is -0.627. The molecule has 0 spiro atoms. The predicted octanol–water partition coefficient (Wildman–Crippen LogP) is 1.79. The van der Waals surface area contributed by atoms with Gasteiger partial charge in [-0.2, -0.15) is 0 Å². The first kappa shape index (κ1) is 12.5. The molecule has 2 heterocycles. The highest BCUT2D eigenvalue weighted by Gasteiger charge is 2.13. The molecule has 0 fully saturated rings. The van der Waals surface area contributed by atoms with Crippen LogP contribution in [0.3, 0.4) is 0 Å². The molecule has 0 amide bonds. The molecule has 0 atom stereocenters. The molecule has 0 saturated heterocycles. The van der Waals surface area contributed by atoms with E-state index in [1.165, 1.54) is 4.57 Å². The Morgan fingerprint density at radius 1 is 1.33 bits per heavy atom. The summed E-state index contributed by atoms with van der Waals surface area (Å²) in [6, 6.07) is 3.28. The number of hydrogen-bond acceptors (Lipinski definition) is 4. The smallest absolute Gasteiger partial charge is 0.372 e. The summed E-state index contributed by atoms with van der Waals surface area (Å²) >= 11 is 0. The maximum Gasteiger partial charge on any atom is 0.423 e. The Hall–Kier alpha value is -1.91. The van der Waals surface area contributed by atoms with Crippen molar-refractivity contribution in [3.05, 3.63) is 39.3 Å². The average molecular weight is 248 g/mol. The van der Waals surface area contributed by atoms with E-state index in [9.17, 15) is 9.59 Å². The first-order chi connectivity index (χ1) is 8.67. The summed E-state index contributed by atoms with van der Waals surface area (Å²) in [6.07, 6.45) is 3.51. The van der Waals surface area contributed by atoms with Gasteiger partial charge in [0.2, 0.25) is 0 Å². The zero-order chi connectivity index (χ0) is 13.1. The molecule has 0 aromatic carbocycles. The van der Waals surface area contributed by atoms with Crippen molar-refractivity contribution in [2.45, 2.75) is 33.2 Å². The summed E-state index contributed by atoms with van der Waals surface area (Å²) in [5.41, 5.74) is -0.213. The Labute approximate surface area is 104 Å². The summed E-state index contributed by atoms with van der Waals surface area (Å²) in [6.45, 7) is 4.69. The fourth-order valence-electron chi connectivity index (χ4n) is 2.01. The van der Waals surface area contributed by atoms with Crippen LogP contribution in [0.25, 0.3) is 11.0 Å². The van der Waals surface area contributed by atoms with Gasteiger partial charge in [-0.05, 0) is 18.1 Å². The van der Waals surface area contributed by atoms with Crippen LogP contribution in [0.1, 0.15) is 26.7 Å². The molecule has 0 aliphatic carbocycles. The number of aromatic nitrogens is 2. The number of hydrogen-bond donors (Lipinski definition) is 0. The van der Waals surface area contributed by atoms with Gasteiger partial charge in [0.15, 0.2) is 5.65 Å². The largest absolute Gasteiger partial charge is 0.423 e. The Morgan fingerprint density at radius 3 is 2.72 bits per heavy atom. The van der Waals surface area contributed by atoms with Crippen molar-refractivity contribution in [2.75, 3.05) is 0 Å². The molecule has 2 rings (SSSR count). The lowest BCUT2D eigenvalue weighted by atomic mass is 10.0. The summed E-state index contributed by atoms with van der Waals surface area (Å²) in [7, 11) is 0.